The van der Waals surface area contributed by atoms with E-state index >= 15 is 0 Å². The van der Waals surface area contributed by atoms with Crippen LogP contribution in [0.5, 0.6) is 0 Å². The molecule has 1 unspecified atom stereocenters. The molecule has 2 aromatic carbocycles. The minimum atomic E-state index is -0.488. The Labute approximate surface area is 190 Å². The summed E-state index contributed by atoms with van der Waals surface area (Å²) < 4.78 is 10.5. The van der Waals surface area contributed by atoms with Crippen LogP contribution >= 0.6 is 11.8 Å². The third-order valence-electron chi connectivity index (χ3n) is 6.77. The zero-order chi connectivity index (χ0) is 22.3. The molecule has 0 aromatic heterocycles. The molecule has 9 heteroatoms. The van der Waals surface area contributed by atoms with Crippen LogP contribution in [0.4, 0.5) is 15.3 Å². The zero-order valence-electron chi connectivity index (χ0n) is 17.6. The zero-order valence-corrected chi connectivity index (χ0v) is 18.5. The van der Waals surface area contributed by atoms with Crippen molar-refractivity contribution in [2.45, 2.75) is 36.7 Å². The molecule has 4 atom stereocenters. The Morgan fingerprint density at radius 3 is 2.72 bits per heavy atom. The van der Waals surface area contributed by atoms with Gasteiger partial charge < -0.3 is 20.0 Å². The number of benzene rings is 2. The van der Waals surface area contributed by atoms with Gasteiger partial charge in [0.25, 0.3) is 0 Å². The fourth-order valence-corrected chi connectivity index (χ4v) is 6.27. The predicted molar refractivity (Wildman–Crippen MR) is 120 cm³/mol. The number of likely N-dealkylation sites (tertiary alicyclic amines) is 1. The van der Waals surface area contributed by atoms with E-state index in [1.54, 1.807) is 4.90 Å². The second-order valence-electron chi connectivity index (χ2n) is 8.27. The predicted octanol–water partition coefficient (Wildman–Crippen LogP) is 3.66. The lowest BCUT2D eigenvalue weighted by atomic mass is 9.75. The van der Waals surface area contributed by atoms with Crippen LogP contribution in [0.3, 0.4) is 0 Å². The average Bonchev–Trinajstić information content (AvgIpc) is 3.42. The molecule has 2 N–H and O–H groups in total. The van der Waals surface area contributed by atoms with Crippen molar-refractivity contribution < 1.29 is 24.3 Å². The van der Waals surface area contributed by atoms with E-state index in [0.29, 0.717) is 13.0 Å². The van der Waals surface area contributed by atoms with Crippen LogP contribution in [-0.2, 0) is 21.5 Å². The highest BCUT2D eigenvalue weighted by atomic mass is 32.2. The lowest BCUT2D eigenvalue weighted by Crippen LogP contribution is -2.50. The smallest absolute Gasteiger partial charge is 0.412 e. The Kier molecular flexibility index (Phi) is 5.48. The first kappa shape index (κ1) is 21.1. The van der Waals surface area contributed by atoms with Crippen molar-refractivity contribution in [3.63, 3.8) is 0 Å². The molecule has 3 heterocycles. The SMILES string of the molecule is COC(=O)SC[C@H]1[C@@H]2N(O)CCC23c2ccccc2N[C@H]3N1C(=O)OCc1ccccc1. The largest absolute Gasteiger partial charge is 0.461 e. The van der Waals surface area contributed by atoms with Crippen molar-refractivity contribution in [2.24, 2.45) is 0 Å². The summed E-state index contributed by atoms with van der Waals surface area (Å²) in [4.78, 5) is 27.0. The number of carbonyl (C=O) groups excluding carboxylic acids is 2. The Morgan fingerprint density at radius 2 is 1.94 bits per heavy atom. The number of hydrogen-bond donors (Lipinski definition) is 2. The van der Waals surface area contributed by atoms with Gasteiger partial charge in [0.05, 0.1) is 24.6 Å². The minimum absolute atomic E-state index is 0.146. The number of hydroxylamine groups is 2. The van der Waals surface area contributed by atoms with Crippen LogP contribution in [0.1, 0.15) is 17.5 Å². The number of nitrogens with one attached hydrogen (secondary N) is 1. The van der Waals surface area contributed by atoms with Crippen LogP contribution in [0.15, 0.2) is 54.6 Å². The highest BCUT2D eigenvalue weighted by Crippen LogP contribution is 2.57. The van der Waals surface area contributed by atoms with Gasteiger partial charge in [0.15, 0.2) is 0 Å². The molecule has 0 saturated carbocycles. The summed E-state index contributed by atoms with van der Waals surface area (Å²) in [5.41, 5.74) is 2.44. The molecule has 2 saturated heterocycles. The van der Waals surface area contributed by atoms with E-state index in [2.05, 4.69) is 11.4 Å². The van der Waals surface area contributed by atoms with Crippen LogP contribution in [0, 0.1) is 0 Å². The molecule has 1 amide bonds. The molecule has 0 radical (unpaired) electrons. The number of nitrogens with zero attached hydrogens (tertiary/aromatic N) is 2. The Bertz CT molecular complexity index is 1020. The molecule has 1 spiro atoms. The molecule has 168 valence electrons. The van der Waals surface area contributed by atoms with Crippen molar-refractivity contribution in [3.8, 4) is 0 Å². The van der Waals surface area contributed by atoms with Gasteiger partial charge in [-0.25, -0.2) is 9.59 Å². The number of thioether (sulfide) groups is 1. The van der Waals surface area contributed by atoms with Crippen molar-refractivity contribution in [3.05, 3.63) is 65.7 Å². The van der Waals surface area contributed by atoms with Crippen molar-refractivity contribution in [1.82, 2.24) is 9.96 Å². The van der Waals surface area contributed by atoms with Gasteiger partial charge in [0.1, 0.15) is 12.8 Å². The van der Waals surface area contributed by atoms with E-state index in [1.165, 1.54) is 12.2 Å². The maximum Gasteiger partial charge on any atom is 0.412 e. The van der Waals surface area contributed by atoms with Crippen LogP contribution in [-0.4, -0.2) is 64.2 Å². The van der Waals surface area contributed by atoms with Gasteiger partial charge in [-0.15, -0.1) is 0 Å². The summed E-state index contributed by atoms with van der Waals surface area (Å²) >= 11 is 1.00. The maximum atomic E-state index is 13.4. The second-order valence-corrected chi connectivity index (χ2v) is 9.23. The number of amides is 1. The summed E-state index contributed by atoms with van der Waals surface area (Å²) in [6, 6.07) is 16.7. The van der Waals surface area contributed by atoms with Crippen LogP contribution < -0.4 is 5.32 Å². The molecule has 2 fully saturated rings. The number of methoxy groups -OCH3 is 1. The van der Waals surface area contributed by atoms with Gasteiger partial charge >= 0.3 is 11.4 Å². The standard InChI is InChI=1S/C23H25N3O5S/c1-30-22(28)32-14-18-19-23(11-12-25(19)29)16-9-5-6-10-17(16)24-20(23)26(18)21(27)31-13-15-7-3-2-4-8-15/h2-10,18-20,24,29H,11-14H2,1H3/t18-,19-,20-,23?/m0/s1. The third kappa shape index (κ3) is 3.23. The van der Waals surface area contributed by atoms with Crippen molar-refractivity contribution in [1.29, 1.82) is 0 Å². The Balaban J connectivity index is 1.49. The number of carbonyl (C=O) groups is 2. The Morgan fingerprint density at radius 1 is 1.19 bits per heavy atom. The molecular formula is C23H25N3O5S. The van der Waals surface area contributed by atoms with Gasteiger partial charge in [0.2, 0.25) is 0 Å². The summed E-state index contributed by atoms with van der Waals surface area (Å²) in [6.07, 6.45) is -0.171. The van der Waals surface area contributed by atoms with Crippen molar-refractivity contribution >= 4 is 28.8 Å². The summed E-state index contributed by atoms with van der Waals surface area (Å²) in [5, 5.41) is 15.3. The number of rotatable bonds is 4. The summed E-state index contributed by atoms with van der Waals surface area (Å²) in [7, 11) is 1.33. The molecule has 0 aliphatic carbocycles. The first-order chi connectivity index (χ1) is 15.6. The molecular weight excluding hydrogens is 430 g/mol. The molecule has 3 aliphatic rings. The maximum absolute atomic E-state index is 13.4. The average molecular weight is 456 g/mol. The van der Waals surface area contributed by atoms with Gasteiger partial charge in [-0.1, -0.05) is 48.5 Å². The Hall–Kier alpha value is -2.75. The normalized spacial score (nSPS) is 27.9. The number of ether oxygens (including phenoxy) is 2. The monoisotopic (exact) mass is 455 g/mol. The topological polar surface area (TPSA) is 91.3 Å². The minimum Gasteiger partial charge on any atom is -0.461 e. The highest BCUT2D eigenvalue weighted by molar-refractivity contribution is 8.13. The fraction of sp³-hybridized carbons (Fsp3) is 0.391. The van der Waals surface area contributed by atoms with Gasteiger partial charge in [-0.3, -0.25) is 4.90 Å². The van der Waals surface area contributed by atoms with Crippen molar-refractivity contribution in [2.75, 3.05) is 24.7 Å². The summed E-state index contributed by atoms with van der Waals surface area (Å²) in [6.45, 7) is 0.636. The molecule has 2 aromatic rings. The van der Waals surface area contributed by atoms with E-state index in [-0.39, 0.29) is 24.6 Å². The summed E-state index contributed by atoms with van der Waals surface area (Å²) in [5.74, 6) is 0.289. The number of anilines is 1. The number of hydrogen-bond acceptors (Lipinski definition) is 8. The highest BCUT2D eigenvalue weighted by Gasteiger charge is 2.69. The van der Waals surface area contributed by atoms with Gasteiger partial charge in [-0.05, 0) is 35.4 Å². The first-order valence-corrected chi connectivity index (χ1v) is 11.6. The van der Waals surface area contributed by atoms with Gasteiger partial charge in [0, 0.05) is 18.0 Å². The third-order valence-corrected chi connectivity index (χ3v) is 7.68. The van der Waals surface area contributed by atoms with E-state index in [4.69, 9.17) is 9.47 Å². The molecule has 32 heavy (non-hydrogen) atoms. The number of fused-ring (bicyclic) bond motifs is 1. The molecule has 8 nitrogen and oxygen atoms in total. The van der Waals surface area contributed by atoms with E-state index in [9.17, 15) is 14.8 Å². The first-order valence-electron chi connectivity index (χ1n) is 10.6. The van der Waals surface area contributed by atoms with E-state index < -0.39 is 22.9 Å². The van der Waals surface area contributed by atoms with E-state index in [0.717, 1.165) is 28.6 Å². The lowest BCUT2D eigenvalue weighted by Gasteiger charge is -2.32. The second kappa shape index (κ2) is 8.31. The van der Waals surface area contributed by atoms with E-state index in [1.807, 2.05) is 48.5 Å². The fourth-order valence-electron chi connectivity index (χ4n) is 5.50. The molecule has 0 bridgehead atoms. The van der Waals surface area contributed by atoms with Gasteiger partial charge in [-0.2, -0.15) is 5.06 Å². The van der Waals surface area contributed by atoms with Crippen LogP contribution in [0.25, 0.3) is 0 Å². The lowest BCUT2D eigenvalue weighted by molar-refractivity contribution is -0.114. The molecule has 3 aliphatic heterocycles. The molecule has 5 rings (SSSR count). The van der Waals surface area contributed by atoms with Crippen LogP contribution in [0.2, 0.25) is 0 Å². The quantitative estimate of drug-likeness (QED) is 0.675. The number of para-hydroxylation sites is 1.